The molecular weight excluding hydrogens is 206 g/mol. The van der Waals surface area contributed by atoms with Gasteiger partial charge in [0.2, 0.25) is 0 Å². The molecule has 1 aromatic heterocycles. The Labute approximate surface area is 86.7 Å². The Morgan fingerprint density at radius 2 is 2.46 bits per heavy atom. The van der Waals surface area contributed by atoms with Gasteiger partial charge in [-0.3, -0.25) is 0 Å². The molecule has 0 radical (unpaired) electrons. The van der Waals surface area contributed by atoms with Crippen molar-refractivity contribution in [3.8, 4) is 0 Å². The highest BCUT2D eigenvalue weighted by Crippen LogP contribution is 2.38. The second-order valence-electron chi connectivity index (χ2n) is 3.62. The zero-order chi connectivity index (χ0) is 9.47. The summed E-state index contributed by atoms with van der Waals surface area (Å²) in [6, 6.07) is 1.85. The molecule has 2 nitrogen and oxygen atoms in total. The van der Waals surface area contributed by atoms with Gasteiger partial charge in [-0.2, -0.15) is 0 Å². The van der Waals surface area contributed by atoms with Gasteiger partial charge in [0.05, 0.1) is 9.90 Å². The molecule has 0 aliphatic carbocycles. The van der Waals surface area contributed by atoms with E-state index in [1.165, 1.54) is 11.3 Å². The van der Waals surface area contributed by atoms with Crippen LogP contribution in [0.15, 0.2) is 11.4 Å². The number of nitrogens with zero attached hydrogens (tertiary/aromatic N) is 1. The number of thiophene rings is 1. The van der Waals surface area contributed by atoms with Gasteiger partial charge >= 0.3 is 0 Å². The minimum Gasteiger partial charge on any atom is -0.383 e. The highest BCUT2D eigenvalue weighted by Gasteiger charge is 2.38. The molecule has 13 heavy (non-hydrogen) atoms. The van der Waals surface area contributed by atoms with Crippen LogP contribution in [-0.2, 0) is 5.60 Å². The Bertz CT molecular complexity index is 314. The minimum absolute atomic E-state index is 0.688. The molecule has 1 fully saturated rings. The lowest BCUT2D eigenvalue weighted by Gasteiger charge is -2.21. The molecule has 1 aliphatic heterocycles. The zero-order valence-electron chi connectivity index (χ0n) is 7.46. The van der Waals surface area contributed by atoms with Gasteiger partial charge < -0.3 is 10.0 Å². The van der Waals surface area contributed by atoms with Crippen molar-refractivity contribution in [3.63, 3.8) is 0 Å². The Morgan fingerprint density at radius 1 is 1.69 bits per heavy atom. The summed E-state index contributed by atoms with van der Waals surface area (Å²) >= 11 is 7.53. The molecule has 1 N–H and O–H groups in total. The van der Waals surface area contributed by atoms with Crippen molar-refractivity contribution in [2.75, 3.05) is 20.1 Å². The lowest BCUT2D eigenvalue weighted by atomic mass is 10.0. The van der Waals surface area contributed by atoms with Crippen LogP contribution in [0.4, 0.5) is 0 Å². The number of rotatable bonds is 1. The minimum atomic E-state index is -0.708. The summed E-state index contributed by atoms with van der Waals surface area (Å²) in [5, 5.41) is 12.9. The number of aliphatic hydroxyl groups is 1. The molecular formula is C9H12ClNOS. The van der Waals surface area contributed by atoms with E-state index in [1.807, 2.05) is 18.5 Å². The van der Waals surface area contributed by atoms with Crippen LogP contribution in [0.1, 0.15) is 11.3 Å². The molecule has 72 valence electrons. The Morgan fingerprint density at radius 3 is 2.92 bits per heavy atom. The van der Waals surface area contributed by atoms with Crippen molar-refractivity contribution >= 4 is 22.9 Å². The van der Waals surface area contributed by atoms with E-state index in [-0.39, 0.29) is 0 Å². The standard InChI is InChI=1S/C9H12ClNOS/c1-11-4-3-9(12,6-11)8-7(10)2-5-13-8/h2,5,12H,3-4,6H2,1H3. The predicted molar refractivity (Wildman–Crippen MR) is 55.3 cm³/mol. The van der Waals surface area contributed by atoms with E-state index in [1.54, 1.807) is 0 Å². The van der Waals surface area contributed by atoms with E-state index < -0.39 is 5.60 Å². The first kappa shape index (κ1) is 9.46. The number of hydrogen-bond acceptors (Lipinski definition) is 3. The van der Waals surface area contributed by atoms with E-state index in [9.17, 15) is 5.11 Å². The molecule has 1 saturated heterocycles. The van der Waals surface area contributed by atoms with Gasteiger partial charge in [0.25, 0.3) is 0 Å². The highest BCUT2D eigenvalue weighted by molar-refractivity contribution is 7.10. The molecule has 4 heteroatoms. The second kappa shape index (κ2) is 3.24. The van der Waals surface area contributed by atoms with Crippen LogP contribution in [-0.4, -0.2) is 30.1 Å². The van der Waals surface area contributed by atoms with Crippen LogP contribution < -0.4 is 0 Å². The number of hydrogen-bond donors (Lipinski definition) is 1. The van der Waals surface area contributed by atoms with E-state index in [4.69, 9.17) is 11.6 Å². The third-order valence-electron chi connectivity index (χ3n) is 2.48. The number of likely N-dealkylation sites (N-methyl/N-ethyl adjacent to an activating group) is 1. The monoisotopic (exact) mass is 217 g/mol. The first-order valence-electron chi connectivity index (χ1n) is 4.26. The Hall–Kier alpha value is -0.0900. The summed E-state index contributed by atoms with van der Waals surface area (Å²) in [7, 11) is 2.01. The zero-order valence-corrected chi connectivity index (χ0v) is 9.03. The van der Waals surface area contributed by atoms with E-state index in [0.717, 1.165) is 17.8 Å². The van der Waals surface area contributed by atoms with E-state index in [0.29, 0.717) is 11.6 Å². The molecule has 0 spiro atoms. The van der Waals surface area contributed by atoms with Crippen molar-refractivity contribution in [2.45, 2.75) is 12.0 Å². The first-order chi connectivity index (χ1) is 6.12. The van der Waals surface area contributed by atoms with Gasteiger partial charge in [0.1, 0.15) is 5.60 Å². The van der Waals surface area contributed by atoms with Crippen LogP contribution in [0.25, 0.3) is 0 Å². The molecule has 2 heterocycles. The molecule has 1 atom stereocenters. The van der Waals surface area contributed by atoms with Crippen molar-refractivity contribution in [2.24, 2.45) is 0 Å². The quantitative estimate of drug-likeness (QED) is 0.777. The third kappa shape index (κ3) is 1.62. The summed E-state index contributed by atoms with van der Waals surface area (Å²) in [4.78, 5) is 3.04. The SMILES string of the molecule is CN1CCC(O)(c2sccc2Cl)C1. The Balaban J connectivity index is 2.30. The smallest absolute Gasteiger partial charge is 0.114 e. The maximum absolute atomic E-state index is 10.3. The summed E-state index contributed by atoms with van der Waals surface area (Å²) < 4.78 is 0. The summed E-state index contributed by atoms with van der Waals surface area (Å²) in [6.45, 7) is 1.62. The van der Waals surface area contributed by atoms with Crippen LogP contribution in [0, 0.1) is 0 Å². The summed E-state index contributed by atoms with van der Waals surface area (Å²) in [5.74, 6) is 0. The second-order valence-corrected chi connectivity index (χ2v) is 4.94. The molecule has 0 aromatic carbocycles. The van der Waals surface area contributed by atoms with Crippen LogP contribution >= 0.6 is 22.9 Å². The van der Waals surface area contributed by atoms with Crippen LogP contribution in [0.5, 0.6) is 0 Å². The van der Waals surface area contributed by atoms with E-state index >= 15 is 0 Å². The van der Waals surface area contributed by atoms with Gasteiger partial charge in [-0.25, -0.2) is 0 Å². The number of β-amino-alcohol motifs (C(OH)–C–C–N with tert-alkyl or cyclic N) is 1. The lowest BCUT2D eigenvalue weighted by Crippen LogP contribution is -2.28. The topological polar surface area (TPSA) is 23.5 Å². The molecule has 0 amide bonds. The number of likely N-dealkylation sites (tertiary alicyclic amines) is 1. The van der Waals surface area contributed by atoms with Gasteiger partial charge in [-0.1, -0.05) is 11.6 Å². The average Bonchev–Trinajstić information content (AvgIpc) is 2.59. The van der Waals surface area contributed by atoms with Crippen molar-refractivity contribution in [1.29, 1.82) is 0 Å². The third-order valence-corrected chi connectivity index (χ3v) is 4.01. The Kier molecular flexibility index (Phi) is 2.36. The summed E-state index contributed by atoms with van der Waals surface area (Å²) in [5.41, 5.74) is -0.708. The maximum atomic E-state index is 10.3. The van der Waals surface area contributed by atoms with Gasteiger partial charge in [0.15, 0.2) is 0 Å². The highest BCUT2D eigenvalue weighted by atomic mass is 35.5. The van der Waals surface area contributed by atoms with E-state index in [2.05, 4.69) is 4.90 Å². The van der Waals surface area contributed by atoms with Crippen molar-refractivity contribution in [1.82, 2.24) is 4.90 Å². The summed E-state index contributed by atoms with van der Waals surface area (Å²) in [6.07, 6.45) is 0.781. The fourth-order valence-electron chi connectivity index (χ4n) is 1.79. The van der Waals surface area contributed by atoms with Gasteiger partial charge in [0, 0.05) is 13.1 Å². The number of halogens is 1. The maximum Gasteiger partial charge on any atom is 0.114 e. The molecule has 1 aromatic rings. The molecule has 2 rings (SSSR count). The lowest BCUT2D eigenvalue weighted by molar-refractivity contribution is 0.0527. The average molecular weight is 218 g/mol. The molecule has 0 saturated carbocycles. The van der Waals surface area contributed by atoms with Crippen molar-refractivity contribution < 1.29 is 5.11 Å². The predicted octanol–water partition coefficient (Wildman–Crippen LogP) is 1.92. The molecule has 1 aliphatic rings. The van der Waals surface area contributed by atoms with Gasteiger partial charge in [-0.15, -0.1) is 11.3 Å². The normalized spacial score (nSPS) is 29.8. The molecule has 1 unspecified atom stereocenters. The fraction of sp³-hybridized carbons (Fsp3) is 0.556. The fourth-order valence-corrected chi connectivity index (χ4v) is 3.15. The largest absolute Gasteiger partial charge is 0.383 e. The van der Waals surface area contributed by atoms with Crippen molar-refractivity contribution in [3.05, 3.63) is 21.3 Å². The van der Waals surface area contributed by atoms with Crippen LogP contribution in [0.3, 0.4) is 0 Å². The molecule has 0 bridgehead atoms. The van der Waals surface area contributed by atoms with Crippen LogP contribution in [0.2, 0.25) is 5.02 Å². The van der Waals surface area contributed by atoms with Gasteiger partial charge in [-0.05, 0) is 24.9 Å². The first-order valence-corrected chi connectivity index (χ1v) is 5.52.